The quantitative estimate of drug-likeness (QED) is 0.659. The third-order valence-electron chi connectivity index (χ3n) is 2.96. The van der Waals surface area contributed by atoms with E-state index in [2.05, 4.69) is 40.1 Å². The van der Waals surface area contributed by atoms with Gasteiger partial charge in [0.15, 0.2) is 0 Å². The van der Waals surface area contributed by atoms with E-state index in [0.29, 0.717) is 0 Å². The number of methoxy groups -OCH3 is 1. The average Bonchev–Trinajstić information content (AvgIpc) is 2.71. The van der Waals surface area contributed by atoms with Crippen molar-refractivity contribution in [3.05, 3.63) is 11.9 Å². The van der Waals surface area contributed by atoms with Crippen molar-refractivity contribution < 1.29 is 4.74 Å². The van der Waals surface area contributed by atoms with Crippen LogP contribution in [0.3, 0.4) is 0 Å². The summed E-state index contributed by atoms with van der Waals surface area (Å²) in [5, 5.41) is 3.38. The van der Waals surface area contributed by atoms with Gasteiger partial charge in [-0.15, -0.1) is 0 Å². The average molecular weight is 268 g/mol. The summed E-state index contributed by atoms with van der Waals surface area (Å²) in [5.74, 6) is 0.985. The minimum absolute atomic E-state index is 0.787. The van der Waals surface area contributed by atoms with E-state index >= 15 is 0 Å². The highest BCUT2D eigenvalue weighted by atomic mass is 16.5. The Morgan fingerprint density at radius 1 is 1.32 bits per heavy atom. The number of imidazole rings is 1. The lowest BCUT2D eigenvalue weighted by molar-refractivity contribution is 0.197. The molecule has 0 saturated carbocycles. The molecule has 0 amide bonds. The van der Waals surface area contributed by atoms with Crippen LogP contribution in [-0.2, 0) is 11.3 Å². The fourth-order valence-electron chi connectivity index (χ4n) is 1.99. The van der Waals surface area contributed by atoms with Crippen LogP contribution in [-0.4, -0.2) is 55.4 Å². The van der Waals surface area contributed by atoms with E-state index in [0.717, 1.165) is 44.3 Å². The molecule has 1 rings (SSSR count). The number of rotatable bonds is 10. The number of hydrogen-bond acceptors (Lipinski definition) is 4. The molecule has 5 heteroatoms. The van der Waals surface area contributed by atoms with Crippen molar-refractivity contribution in [2.75, 3.05) is 46.2 Å². The highest BCUT2D eigenvalue weighted by Crippen LogP contribution is 2.10. The molecule has 0 spiro atoms. The second-order valence-electron chi connectivity index (χ2n) is 5.18. The molecular weight excluding hydrogens is 240 g/mol. The van der Waals surface area contributed by atoms with E-state index in [4.69, 9.17) is 4.74 Å². The molecule has 1 aromatic rings. The Balaban J connectivity index is 2.35. The predicted molar refractivity (Wildman–Crippen MR) is 79.7 cm³/mol. The molecule has 1 N–H and O–H groups in total. The maximum Gasteiger partial charge on any atom is 0.203 e. The third kappa shape index (κ3) is 6.59. The van der Waals surface area contributed by atoms with Crippen LogP contribution in [0.5, 0.6) is 0 Å². The molecule has 1 heterocycles. The largest absolute Gasteiger partial charge is 0.385 e. The number of ether oxygens (including phenoxy) is 1. The van der Waals surface area contributed by atoms with E-state index < -0.39 is 0 Å². The number of aromatic nitrogens is 2. The van der Waals surface area contributed by atoms with Crippen LogP contribution in [0.2, 0.25) is 0 Å². The predicted octanol–water partition coefficient (Wildman–Crippen LogP) is 1.98. The van der Waals surface area contributed by atoms with E-state index in [9.17, 15) is 0 Å². The number of anilines is 1. The molecule has 0 aliphatic carbocycles. The summed E-state index contributed by atoms with van der Waals surface area (Å²) in [7, 11) is 5.96. The van der Waals surface area contributed by atoms with Gasteiger partial charge in [0.25, 0.3) is 0 Å². The van der Waals surface area contributed by atoms with Gasteiger partial charge < -0.3 is 19.5 Å². The number of hydrogen-bond donors (Lipinski definition) is 1. The highest BCUT2D eigenvalue weighted by molar-refractivity contribution is 5.28. The summed E-state index contributed by atoms with van der Waals surface area (Å²) in [6.45, 7) is 5.90. The molecular formula is C14H28N4O. The number of nitrogens with one attached hydrogen (secondary N) is 1. The van der Waals surface area contributed by atoms with E-state index in [1.165, 1.54) is 12.8 Å². The van der Waals surface area contributed by atoms with Crippen LogP contribution in [0.25, 0.3) is 0 Å². The van der Waals surface area contributed by atoms with Crippen molar-refractivity contribution in [1.29, 1.82) is 0 Å². The lowest BCUT2D eigenvalue weighted by Gasteiger charge is -2.11. The van der Waals surface area contributed by atoms with Gasteiger partial charge in [-0.3, -0.25) is 0 Å². The van der Waals surface area contributed by atoms with E-state index in [1.807, 2.05) is 6.92 Å². The van der Waals surface area contributed by atoms with Crippen LogP contribution in [0.15, 0.2) is 6.20 Å². The molecule has 110 valence electrons. The van der Waals surface area contributed by atoms with Crippen molar-refractivity contribution in [3.8, 4) is 0 Å². The van der Waals surface area contributed by atoms with Crippen molar-refractivity contribution in [1.82, 2.24) is 14.5 Å². The zero-order valence-electron chi connectivity index (χ0n) is 12.8. The van der Waals surface area contributed by atoms with Crippen LogP contribution in [0.1, 0.15) is 25.0 Å². The Hall–Kier alpha value is -1.07. The Kier molecular flexibility index (Phi) is 7.52. The van der Waals surface area contributed by atoms with Gasteiger partial charge in [0.1, 0.15) is 0 Å². The maximum absolute atomic E-state index is 5.05. The maximum atomic E-state index is 5.05. The smallest absolute Gasteiger partial charge is 0.203 e. The van der Waals surface area contributed by atoms with E-state index in [1.54, 1.807) is 7.11 Å². The SMILES string of the molecule is COCCCNc1nc(C)cn1CCCCN(C)C. The van der Waals surface area contributed by atoms with Crippen LogP contribution >= 0.6 is 0 Å². The van der Waals surface area contributed by atoms with Crippen molar-refractivity contribution in [3.63, 3.8) is 0 Å². The number of aryl methyl sites for hydroxylation is 2. The van der Waals surface area contributed by atoms with Gasteiger partial charge in [0.2, 0.25) is 5.95 Å². The first-order valence-electron chi connectivity index (χ1n) is 7.05. The van der Waals surface area contributed by atoms with Gasteiger partial charge in [0.05, 0.1) is 5.69 Å². The molecule has 0 radical (unpaired) electrons. The molecule has 0 aliphatic rings. The zero-order chi connectivity index (χ0) is 14.1. The molecule has 0 aromatic carbocycles. The molecule has 0 unspecified atom stereocenters. The summed E-state index contributed by atoms with van der Waals surface area (Å²) < 4.78 is 7.27. The molecule has 0 bridgehead atoms. The minimum Gasteiger partial charge on any atom is -0.385 e. The Labute approximate surface area is 117 Å². The van der Waals surface area contributed by atoms with Crippen molar-refractivity contribution in [2.24, 2.45) is 0 Å². The first-order chi connectivity index (χ1) is 9.13. The second-order valence-corrected chi connectivity index (χ2v) is 5.18. The van der Waals surface area contributed by atoms with Crippen LogP contribution < -0.4 is 5.32 Å². The van der Waals surface area contributed by atoms with Gasteiger partial charge >= 0.3 is 0 Å². The summed E-state index contributed by atoms with van der Waals surface area (Å²) >= 11 is 0. The number of unbranched alkanes of at least 4 members (excludes halogenated alkanes) is 1. The Bertz CT molecular complexity index is 349. The van der Waals surface area contributed by atoms with E-state index in [-0.39, 0.29) is 0 Å². The monoisotopic (exact) mass is 268 g/mol. The highest BCUT2D eigenvalue weighted by Gasteiger charge is 2.04. The second kappa shape index (κ2) is 8.93. The van der Waals surface area contributed by atoms with Crippen molar-refractivity contribution in [2.45, 2.75) is 32.7 Å². The Morgan fingerprint density at radius 2 is 2.11 bits per heavy atom. The van der Waals surface area contributed by atoms with Gasteiger partial charge in [-0.2, -0.15) is 0 Å². The van der Waals surface area contributed by atoms with Crippen molar-refractivity contribution >= 4 is 5.95 Å². The lowest BCUT2D eigenvalue weighted by atomic mass is 10.3. The summed E-state index contributed by atoms with van der Waals surface area (Å²) in [5.41, 5.74) is 1.07. The van der Waals surface area contributed by atoms with Gasteiger partial charge in [-0.25, -0.2) is 4.98 Å². The molecule has 1 aromatic heterocycles. The Morgan fingerprint density at radius 3 is 2.79 bits per heavy atom. The van der Waals surface area contributed by atoms with Crippen LogP contribution in [0, 0.1) is 6.92 Å². The topological polar surface area (TPSA) is 42.3 Å². The third-order valence-corrected chi connectivity index (χ3v) is 2.96. The molecule has 0 fully saturated rings. The summed E-state index contributed by atoms with van der Waals surface area (Å²) in [4.78, 5) is 6.75. The molecule has 0 saturated heterocycles. The lowest BCUT2D eigenvalue weighted by Crippen LogP contribution is -2.14. The molecule has 19 heavy (non-hydrogen) atoms. The first kappa shape index (κ1) is 16.0. The number of nitrogens with zero attached hydrogens (tertiary/aromatic N) is 3. The fourth-order valence-corrected chi connectivity index (χ4v) is 1.99. The normalized spacial score (nSPS) is 11.2. The molecule has 0 atom stereocenters. The molecule has 0 aliphatic heterocycles. The zero-order valence-corrected chi connectivity index (χ0v) is 12.8. The first-order valence-corrected chi connectivity index (χ1v) is 7.05. The van der Waals surface area contributed by atoms with Gasteiger partial charge in [-0.05, 0) is 46.8 Å². The van der Waals surface area contributed by atoms with Gasteiger partial charge in [-0.1, -0.05) is 0 Å². The minimum atomic E-state index is 0.787. The summed E-state index contributed by atoms with van der Waals surface area (Å²) in [6, 6.07) is 0. The standard InChI is InChI=1S/C14H28N4O/c1-13-12-18(10-6-5-9-17(2)3)14(16-13)15-8-7-11-19-4/h12H,5-11H2,1-4H3,(H,15,16). The van der Waals surface area contributed by atoms with Gasteiger partial charge in [0, 0.05) is 33.0 Å². The molecule has 5 nitrogen and oxygen atoms in total. The van der Waals surface area contributed by atoms with Crippen LogP contribution in [0.4, 0.5) is 5.95 Å². The fraction of sp³-hybridized carbons (Fsp3) is 0.786. The summed E-state index contributed by atoms with van der Waals surface area (Å²) in [6.07, 6.45) is 5.52.